The summed E-state index contributed by atoms with van der Waals surface area (Å²) in [5, 5.41) is 2.08. The molecule has 3 heterocycles. The second-order valence-electron chi connectivity index (χ2n) is 4.39. The van der Waals surface area contributed by atoms with Gasteiger partial charge < -0.3 is 10.3 Å². The summed E-state index contributed by atoms with van der Waals surface area (Å²) in [6, 6.07) is 5.58. The fourth-order valence-electron chi connectivity index (χ4n) is 2.29. The number of hydrogen-bond acceptors (Lipinski definition) is 5. The van der Waals surface area contributed by atoms with E-state index in [0.29, 0.717) is 17.9 Å². The number of thiophene rings is 1. The number of fused-ring (bicyclic) bond motifs is 1. The highest BCUT2D eigenvalue weighted by Gasteiger charge is 2.24. The Morgan fingerprint density at radius 3 is 3.21 bits per heavy atom. The van der Waals surface area contributed by atoms with Gasteiger partial charge in [-0.15, -0.1) is 11.3 Å². The molecule has 3 rings (SSSR count). The molecule has 3 N–H and O–H groups in total. The molecule has 5 nitrogen and oxygen atoms in total. The van der Waals surface area contributed by atoms with Gasteiger partial charge in [-0.2, -0.15) is 0 Å². The fraction of sp³-hybridized carbons (Fsp3) is 0.231. The molecule has 0 aliphatic carbocycles. The van der Waals surface area contributed by atoms with E-state index < -0.39 is 0 Å². The molecule has 0 fully saturated rings. The van der Waals surface area contributed by atoms with E-state index >= 15 is 0 Å². The number of aromatic nitrogens is 1. The summed E-state index contributed by atoms with van der Waals surface area (Å²) in [5.74, 6) is 5.79. The lowest BCUT2D eigenvalue weighted by Gasteiger charge is -2.27. The smallest absolute Gasteiger partial charge is 0.257 e. The summed E-state index contributed by atoms with van der Waals surface area (Å²) in [5.41, 5.74) is 4.24. The van der Waals surface area contributed by atoms with Gasteiger partial charge in [0.2, 0.25) is 0 Å². The summed E-state index contributed by atoms with van der Waals surface area (Å²) in [7, 11) is 0. The highest BCUT2D eigenvalue weighted by Crippen LogP contribution is 2.25. The number of pyridine rings is 1. The molecular weight excluding hydrogens is 260 g/mol. The van der Waals surface area contributed by atoms with Crippen molar-refractivity contribution in [3.05, 3.63) is 45.8 Å². The maximum atomic E-state index is 12.5. The largest absolute Gasteiger partial charge is 0.334 e. The quantitative estimate of drug-likeness (QED) is 0.645. The highest BCUT2D eigenvalue weighted by atomic mass is 32.1. The van der Waals surface area contributed by atoms with E-state index in [1.165, 1.54) is 10.4 Å². The van der Waals surface area contributed by atoms with Crippen LogP contribution in [0.2, 0.25) is 0 Å². The minimum atomic E-state index is -0.0297. The number of rotatable bonds is 2. The lowest BCUT2D eigenvalue weighted by molar-refractivity contribution is 0.0736. The molecule has 0 aromatic carbocycles. The van der Waals surface area contributed by atoms with E-state index in [0.717, 1.165) is 13.0 Å². The Balaban J connectivity index is 1.85. The lowest BCUT2D eigenvalue weighted by atomic mass is 10.1. The third-order valence-electron chi connectivity index (χ3n) is 3.27. The number of nitrogen functional groups attached to an aromatic ring is 1. The zero-order valence-electron chi connectivity index (χ0n) is 10.3. The van der Waals surface area contributed by atoms with Crippen LogP contribution < -0.4 is 11.3 Å². The molecule has 0 unspecified atom stereocenters. The number of carbonyl (C=O) groups is 1. The van der Waals surface area contributed by atoms with Gasteiger partial charge in [-0.3, -0.25) is 4.79 Å². The normalized spacial score (nSPS) is 14.1. The van der Waals surface area contributed by atoms with E-state index in [2.05, 4.69) is 21.9 Å². The number of nitrogens with zero attached hydrogens (tertiary/aromatic N) is 2. The summed E-state index contributed by atoms with van der Waals surface area (Å²) in [4.78, 5) is 19.8. The first kappa shape index (κ1) is 12.1. The van der Waals surface area contributed by atoms with Gasteiger partial charge >= 0.3 is 0 Å². The molecule has 98 valence electrons. The molecule has 0 spiro atoms. The van der Waals surface area contributed by atoms with Crippen molar-refractivity contribution in [1.82, 2.24) is 9.88 Å². The second kappa shape index (κ2) is 4.99. The molecule has 6 heteroatoms. The Kier molecular flexibility index (Phi) is 3.18. The minimum Gasteiger partial charge on any atom is -0.334 e. The molecule has 2 aromatic rings. The first-order chi connectivity index (χ1) is 9.29. The lowest BCUT2D eigenvalue weighted by Crippen LogP contribution is -2.36. The highest BCUT2D eigenvalue weighted by molar-refractivity contribution is 7.10. The Bertz CT molecular complexity index is 610. The predicted octanol–water partition coefficient (Wildman–Crippen LogP) is 1.63. The Hall–Kier alpha value is -1.92. The molecular formula is C13H14N4OS. The van der Waals surface area contributed by atoms with Gasteiger partial charge in [-0.05, 0) is 35.6 Å². The Labute approximate surface area is 115 Å². The van der Waals surface area contributed by atoms with Gasteiger partial charge in [0, 0.05) is 24.2 Å². The molecule has 0 atom stereocenters. The van der Waals surface area contributed by atoms with Crippen molar-refractivity contribution in [2.45, 2.75) is 13.0 Å². The number of hydrazine groups is 1. The molecule has 1 aliphatic rings. The van der Waals surface area contributed by atoms with Crippen LogP contribution in [0.4, 0.5) is 5.82 Å². The minimum absolute atomic E-state index is 0.0297. The maximum absolute atomic E-state index is 12.5. The summed E-state index contributed by atoms with van der Waals surface area (Å²) >= 11 is 1.76. The standard InChI is InChI=1S/C13H14N4OS/c14-16-12-10(2-1-5-15-12)13(18)17-6-3-11-9(8-17)4-7-19-11/h1-2,4-5,7H,3,6,8,14H2,(H,15,16). The Morgan fingerprint density at radius 2 is 2.37 bits per heavy atom. The Morgan fingerprint density at radius 1 is 1.47 bits per heavy atom. The molecule has 1 aliphatic heterocycles. The van der Waals surface area contributed by atoms with Crippen LogP contribution in [0.5, 0.6) is 0 Å². The van der Waals surface area contributed by atoms with E-state index in [-0.39, 0.29) is 5.91 Å². The fourth-order valence-corrected chi connectivity index (χ4v) is 3.17. The van der Waals surface area contributed by atoms with Crippen molar-refractivity contribution in [2.24, 2.45) is 5.84 Å². The number of hydrogen-bond donors (Lipinski definition) is 2. The van der Waals surface area contributed by atoms with Crippen molar-refractivity contribution in [2.75, 3.05) is 12.0 Å². The topological polar surface area (TPSA) is 71.2 Å². The first-order valence-corrected chi connectivity index (χ1v) is 6.93. The van der Waals surface area contributed by atoms with Gasteiger partial charge in [0.25, 0.3) is 5.91 Å². The van der Waals surface area contributed by atoms with Crippen LogP contribution >= 0.6 is 11.3 Å². The van der Waals surface area contributed by atoms with Crippen molar-refractivity contribution >= 4 is 23.1 Å². The molecule has 2 aromatic heterocycles. The van der Waals surface area contributed by atoms with Crippen LogP contribution in [0.25, 0.3) is 0 Å². The molecule has 0 radical (unpaired) electrons. The molecule has 0 bridgehead atoms. The SMILES string of the molecule is NNc1ncccc1C(=O)N1CCc2sccc2C1. The van der Waals surface area contributed by atoms with E-state index in [1.54, 1.807) is 29.7 Å². The summed E-state index contributed by atoms with van der Waals surface area (Å²) < 4.78 is 0. The van der Waals surface area contributed by atoms with Gasteiger partial charge in [0.1, 0.15) is 0 Å². The van der Waals surface area contributed by atoms with Gasteiger partial charge in [0.15, 0.2) is 5.82 Å². The van der Waals surface area contributed by atoms with Gasteiger partial charge in [-0.25, -0.2) is 10.8 Å². The van der Waals surface area contributed by atoms with E-state index in [1.807, 2.05) is 4.90 Å². The van der Waals surface area contributed by atoms with Crippen LogP contribution in [0, 0.1) is 0 Å². The van der Waals surface area contributed by atoms with E-state index in [4.69, 9.17) is 5.84 Å². The van der Waals surface area contributed by atoms with Crippen LogP contribution in [-0.2, 0) is 13.0 Å². The number of nitrogens with two attached hydrogens (primary N) is 1. The molecule has 1 amide bonds. The molecule has 19 heavy (non-hydrogen) atoms. The van der Waals surface area contributed by atoms with Crippen molar-refractivity contribution in [3.63, 3.8) is 0 Å². The van der Waals surface area contributed by atoms with Gasteiger partial charge in [-0.1, -0.05) is 0 Å². The number of amides is 1. The average molecular weight is 274 g/mol. The number of anilines is 1. The van der Waals surface area contributed by atoms with Crippen molar-refractivity contribution in [1.29, 1.82) is 0 Å². The third-order valence-corrected chi connectivity index (χ3v) is 4.29. The number of carbonyl (C=O) groups excluding carboxylic acids is 1. The average Bonchev–Trinajstić information content (AvgIpc) is 2.93. The van der Waals surface area contributed by atoms with Crippen LogP contribution in [0.1, 0.15) is 20.8 Å². The molecule has 0 saturated carbocycles. The van der Waals surface area contributed by atoms with Crippen molar-refractivity contribution in [3.8, 4) is 0 Å². The monoisotopic (exact) mass is 274 g/mol. The zero-order chi connectivity index (χ0) is 13.2. The van der Waals surface area contributed by atoms with Crippen molar-refractivity contribution < 1.29 is 4.79 Å². The van der Waals surface area contributed by atoms with E-state index in [9.17, 15) is 4.79 Å². The van der Waals surface area contributed by atoms with Crippen LogP contribution in [0.3, 0.4) is 0 Å². The van der Waals surface area contributed by atoms with Gasteiger partial charge in [0.05, 0.1) is 5.56 Å². The third kappa shape index (κ3) is 2.20. The van der Waals surface area contributed by atoms with Crippen LogP contribution in [0.15, 0.2) is 29.8 Å². The van der Waals surface area contributed by atoms with Crippen LogP contribution in [-0.4, -0.2) is 22.3 Å². The second-order valence-corrected chi connectivity index (χ2v) is 5.39. The maximum Gasteiger partial charge on any atom is 0.257 e. The predicted molar refractivity (Wildman–Crippen MR) is 74.8 cm³/mol. The first-order valence-electron chi connectivity index (χ1n) is 6.05. The number of nitrogens with one attached hydrogen (secondary N) is 1. The summed E-state index contributed by atoms with van der Waals surface area (Å²) in [6.45, 7) is 1.40. The zero-order valence-corrected chi connectivity index (χ0v) is 11.1. The summed E-state index contributed by atoms with van der Waals surface area (Å²) in [6.07, 6.45) is 2.53. The molecule has 0 saturated heterocycles.